The van der Waals surface area contributed by atoms with E-state index in [1.165, 1.54) is 24.3 Å². The lowest BCUT2D eigenvalue weighted by molar-refractivity contribution is -0.383. The molecule has 0 bridgehead atoms. The predicted octanol–water partition coefficient (Wildman–Crippen LogP) is 6.05. The van der Waals surface area contributed by atoms with Crippen LogP contribution < -0.4 is 10.0 Å². The van der Waals surface area contributed by atoms with Gasteiger partial charge in [0.25, 0.3) is 15.7 Å². The maximum absolute atomic E-state index is 13.0. The molecule has 0 aliphatic heterocycles. The molecule has 35 heavy (non-hydrogen) atoms. The van der Waals surface area contributed by atoms with Gasteiger partial charge in [0, 0.05) is 12.6 Å². The van der Waals surface area contributed by atoms with Gasteiger partial charge in [-0.3, -0.25) is 14.8 Å². The van der Waals surface area contributed by atoms with Crippen LogP contribution in [0.25, 0.3) is 0 Å². The predicted molar refractivity (Wildman–Crippen MR) is 114 cm³/mol. The molecule has 3 aromatic rings. The van der Waals surface area contributed by atoms with Crippen molar-refractivity contribution < 1.29 is 39.7 Å². The first kappa shape index (κ1) is 25.8. The number of benzene rings is 3. The number of hydrogen-bond donors (Lipinski definition) is 2. The number of hydrogen-bond acceptors (Lipinski definition) is 5. The van der Waals surface area contributed by atoms with Crippen LogP contribution in [0.4, 0.5) is 43.4 Å². The van der Waals surface area contributed by atoms with E-state index in [0.29, 0.717) is 12.1 Å². The second-order valence-corrected chi connectivity index (χ2v) is 8.86. The highest BCUT2D eigenvalue weighted by Gasteiger charge is 2.36. The summed E-state index contributed by atoms with van der Waals surface area (Å²) in [5.41, 5.74) is -4.54. The Kier molecular flexibility index (Phi) is 6.96. The molecule has 0 atom stereocenters. The zero-order valence-corrected chi connectivity index (χ0v) is 18.1. The summed E-state index contributed by atoms with van der Waals surface area (Å²) in [6.07, 6.45) is -10.1. The van der Waals surface area contributed by atoms with Gasteiger partial charge in [-0.2, -0.15) is 26.3 Å². The number of alkyl halides is 6. The topological polar surface area (TPSA) is 101 Å². The summed E-state index contributed by atoms with van der Waals surface area (Å²) in [6, 6.07) is 11.2. The fourth-order valence-corrected chi connectivity index (χ4v) is 4.10. The number of nitro benzene ring substituents is 1. The maximum Gasteiger partial charge on any atom is 0.416 e. The lowest BCUT2D eigenvalue weighted by atomic mass is 10.0. The smallest absolute Gasteiger partial charge is 0.375 e. The van der Waals surface area contributed by atoms with Crippen molar-refractivity contribution in [2.45, 2.75) is 23.8 Å². The van der Waals surface area contributed by atoms with Crippen molar-refractivity contribution in [2.75, 3.05) is 10.0 Å². The Morgan fingerprint density at radius 1 is 0.829 bits per heavy atom. The molecule has 0 saturated heterocycles. The van der Waals surface area contributed by atoms with Crippen molar-refractivity contribution in [3.8, 4) is 0 Å². The second kappa shape index (κ2) is 9.44. The number of halogens is 6. The highest BCUT2D eigenvalue weighted by atomic mass is 32.2. The molecular formula is C21H15F6N3O4S. The van der Waals surface area contributed by atoms with Gasteiger partial charge in [-0.1, -0.05) is 18.2 Å². The van der Waals surface area contributed by atoms with Crippen LogP contribution in [0.1, 0.15) is 16.7 Å². The van der Waals surface area contributed by atoms with E-state index >= 15 is 0 Å². The molecule has 14 heteroatoms. The largest absolute Gasteiger partial charge is 0.416 e. The van der Waals surface area contributed by atoms with Crippen LogP contribution in [0.5, 0.6) is 0 Å². The van der Waals surface area contributed by atoms with Gasteiger partial charge < -0.3 is 5.32 Å². The average Bonchev–Trinajstić information content (AvgIpc) is 2.77. The molecule has 0 amide bonds. The Hall–Kier alpha value is -3.81. The summed E-state index contributed by atoms with van der Waals surface area (Å²) in [4.78, 5) is 10.5. The van der Waals surface area contributed by atoms with Crippen LogP contribution in [-0.2, 0) is 28.9 Å². The summed E-state index contributed by atoms with van der Waals surface area (Å²) < 4.78 is 105. The molecule has 0 aromatic heterocycles. The van der Waals surface area contributed by atoms with Crippen molar-refractivity contribution in [3.05, 3.63) is 93.5 Å². The Labute approximate surface area is 194 Å². The first-order valence-electron chi connectivity index (χ1n) is 9.55. The molecule has 0 fully saturated rings. The number of anilines is 2. The Balaban J connectivity index is 1.88. The minimum absolute atomic E-state index is 0.0282. The van der Waals surface area contributed by atoms with Crippen molar-refractivity contribution >= 4 is 27.1 Å². The van der Waals surface area contributed by atoms with Gasteiger partial charge in [0.1, 0.15) is 5.69 Å². The van der Waals surface area contributed by atoms with Gasteiger partial charge >= 0.3 is 12.4 Å². The van der Waals surface area contributed by atoms with Gasteiger partial charge in [-0.05, 0) is 48.0 Å². The van der Waals surface area contributed by atoms with E-state index in [9.17, 15) is 44.9 Å². The lowest BCUT2D eigenvalue weighted by Gasteiger charge is -2.15. The van der Waals surface area contributed by atoms with Crippen molar-refractivity contribution in [2.24, 2.45) is 0 Å². The monoisotopic (exact) mass is 519 g/mol. The summed E-state index contributed by atoms with van der Waals surface area (Å²) >= 11 is 0. The Morgan fingerprint density at radius 2 is 1.40 bits per heavy atom. The second-order valence-electron chi connectivity index (χ2n) is 7.18. The fourth-order valence-electron chi connectivity index (χ4n) is 3.03. The molecule has 186 valence electrons. The van der Waals surface area contributed by atoms with Crippen LogP contribution in [0.3, 0.4) is 0 Å². The molecule has 2 N–H and O–H groups in total. The van der Waals surface area contributed by atoms with Gasteiger partial charge in [-0.25, -0.2) is 8.42 Å². The number of nitrogens with zero attached hydrogens (tertiary/aromatic N) is 1. The van der Waals surface area contributed by atoms with E-state index in [-0.39, 0.29) is 22.3 Å². The van der Waals surface area contributed by atoms with Gasteiger partial charge in [0.15, 0.2) is 0 Å². The average molecular weight is 519 g/mol. The molecular weight excluding hydrogens is 504 g/mol. The van der Waals surface area contributed by atoms with Crippen LogP contribution in [0.2, 0.25) is 0 Å². The molecule has 0 heterocycles. The van der Waals surface area contributed by atoms with Crippen LogP contribution in [0.15, 0.2) is 71.6 Å². The normalized spacial score (nSPS) is 12.3. The van der Waals surface area contributed by atoms with Crippen LogP contribution >= 0.6 is 0 Å². The van der Waals surface area contributed by atoms with Crippen LogP contribution in [-0.4, -0.2) is 13.3 Å². The molecule has 0 aliphatic carbocycles. The van der Waals surface area contributed by atoms with E-state index in [2.05, 4.69) is 10.0 Å². The van der Waals surface area contributed by atoms with Gasteiger partial charge in [0.05, 0.1) is 26.6 Å². The summed E-state index contributed by atoms with van der Waals surface area (Å²) in [5, 5.41) is 13.9. The Bertz CT molecular complexity index is 1310. The fraction of sp³-hybridized carbons (Fsp3) is 0.143. The lowest BCUT2D eigenvalue weighted by Crippen LogP contribution is -2.14. The highest BCUT2D eigenvalue weighted by Crippen LogP contribution is 2.37. The molecule has 0 saturated carbocycles. The van der Waals surface area contributed by atoms with E-state index in [0.717, 1.165) is 18.2 Å². The third-order valence-corrected chi connectivity index (χ3v) is 6.03. The van der Waals surface area contributed by atoms with E-state index < -0.39 is 56.2 Å². The molecule has 7 nitrogen and oxygen atoms in total. The number of nitro groups is 1. The number of rotatable bonds is 7. The molecule has 0 aliphatic rings. The third kappa shape index (κ3) is 6.41. The summed E-state index contributed by atoms with van der Waals surface area (Å²) in [6.45, 7) is -0.608. The van der Waals surface area contributed by atoms with Gasteiger partial charge in [0.2, 0.25) is 0 Å². The van der Waals surface area contributed by atoms with Crippen molar-refractivity contribution in [1.82, 2.24) is 0 Å². The van der Waals surface area contributed by atoms with Crippen molar-refractivity contribution in [3.63, 3.8) is 0 Å². The third-order valence-electron chi connectivity index (χ3n) is 4.63. The standard InChI is InChI=1S/C21H15F6N3O4S/c22-20(23,24)14-8-13(9-15(10-14)21(25,26)27)12-28-18-7-6-16(11-19(18)30(31)32)29-35(33,34)17-4-2-1-3-5-17/h1-11,28-29H,12H2. The molecule has 0 radical (unpaired) electrons. The summed E-state index contributed by atoms with van der Waals surface area (Å²) in [7, 11) is -4.07. The van der Waals surface area contributed by atoms with E-state index in [4.69, 9.17) is 0 Å². The zero-order valence-electron chi connectivity index (χ0n) is 17.3. The minimum atomic E-state index is -5.04. The number of nitrogens with one attached hydrogen (secondary N) is 2. The maximum atomic E-state index is 13.0. The highest BCUT2D eigenvalue weighted by molar-refractivity contribution is 7.92. The first-order chi connectivity index (χ1) is 16.2. The minimum Gasteiger partial charge on any atom is -0.375 e. The zero-order chi connectivity index (χ0) is 26.0. The molecule has 3 aromatic carbocycles. The SMILES string of the molecule is O=[N+]([O-])c1cc(NS(=O)(=O)c2ccccc2)ccc1NCc1cc(C(F)(F)F)cc(C(F)(F)F)c1. The summed E-state index contributed by atoms with van der Waals surface area (Å²) in [5.74, 6) is 0. The van der Waals surface area contributed by atoms with E-state index in [1.807, 2.05) is 0 Å². The van der Waals surface area contributed by atoms with E-state index in [1.54, 1.807) is 6.07 Å². The quantitative estimate of drug-likeness (QED) is 0.225. The van der Waals surface area contributed by atoms with Crippen molar-refractivity contribution in [1.29, 1.82) is 0 Å². The van der Waals surface area contributed by atoms with Crippen LogP contribution in [0, 0.1) is 10.1 Å². The first-order valence-corrected chi connectivity index (χ1v) is 11.0. The number of sulfonamides is 1. The molecule has 3 rings (SSSR count). The molecule has 0 spiro atoms. The van der Waals surface area contributed by atoms with Gasteiger partial charge in [-0.15, -0.1) is 0 Å². The molecule has 0 unspecified atom stereocenters. The Morgan fingerprint density at radius 3 is 1.91 bits per heavy atom.